The van der Waals surface area contributed by atoms with Crippen molar-refractivity contribution in [1.82, 2.24) is 15.5 Å². The molecule has 3 aliphatic rings. The van der Waals surface area contributed by atoms with Gasteiger partial charge >= 0.3 is 29.6 Å². The number of carbonyl (C=O) groups excluding carboxylic acids is 6. The van der Waals surface area contributed by atoms with Gasteiger partial charge in [0.25, 0.3) is 11.8 Å². The smallest absolute Gasteiger partial charge is 0.329 e. The average Bonchev–Trinajstić information content (AvgIpc) is 3.19. The zero-order valence-electron chi connectivity index (χ0n) is 16.6. The molecule has 15 heteroatoms. The lowest BCUT2D eigenvalue weighted by atomic mass is 10.1. The summed E-state index contributed by atoms with van der Waals surface area (Å²) in [6, 6.07) is -1.10. The molecule has 3 heterocycles. The van der Waals surface area contributed by atoms with Gasteiger partial charge in [-0.15, -0.1) is 0 Å². The molecular formula is C16H19N5O10. The third-order valence-electron chi connectivity index (χ3n) is 4.54. The van der Waals surface area contributed by atoms with E-state index in [4.69, 9.17) is 24.7 Å². The van der Waals surface area contributed by atoms with Gasteiger partial charge in [-0.2, -0.15) is 0 Å². The summed E-state index contributed by atoms with van der Waals surface area (Å²) < 4.78 is 21.0. The zero-order chi connectivity index (χ0) is 23.1. The Morgan fingerprint density at radius 1 is 1.03 bits per heavy atom. The Labute approximate surface area is 174 Å². The van der Waals surface area contributed by atoms with Gasteiger partial charge in [-0.25, -0.2) is 9.79 Å². The van der Waals surface area contributed by atoms with Gasteiger partial charge in [0.05, 0.1) is 0 Å². The van der Waals surface area contributed by atoms with E-state index in [1.165, 1.54) is 0 Å². The molecule has 0 radical (unpaired) electrons. The molecule has 0 aromatic carbocycles. The number of aliphatic imine (C=N–C) groups is 1. The summed E-state index contributed by atoms with van der Waals surface area (Å²) in [5.41, 5.74) is 3.04. The van der Waals surface area contributed by atoms with Crippen LogP contribution in [0.3, 0.4) is 0 Å². The summed E-state index contributed by atoms with van der Waals surface area (Å²) in [6.45, 7) is 2.79. The van der Waals surface area contributed by atoms with E-state index < -0.39 is 78.5 Å². The van der Waals surface area contributed by atoms with Crippen molar-refractivity contribution in [3.8, 4) is 0 Å². The highest BCUT2D eigenvalue weighted by molar-refractivity contribution is 6.25. The van der Waals surface area contributed by atoms with E-state index >= 15 is 0 Å². The highest BCUT2D eigenvalue weighted by atomic mass is 16.7. The topological polar surface area (TPSA) is 205 Å². The first kappa shape index (κ1) is 21.9. The van der Waals surface area contributed by atoms with Crippen LogP contribution in [-0.4, -0.2) is 83.4 Å². The quantitative estimate of drug-likeness (QED) is 0.168. The van der Waals surface area contributed by atoms with Gasteiger partial charge in [0, 0.05) is 20.8 Å². The Morgan fingerprint density at radius 2 is 1.61 bits per heavy atom. The first-order valence-electron chi connectivity index (χ1n) is 8.92. The van der Waals surface area contributed by atoms with Crippen molar-refractivity contribution in [3.63, 3.8) is 0 Å². The molecule has 1 spiro atoms. The van der Waals surface area contributed by atoms with E-state index in [1.807, 2.05) is 5.32 Å². The second-order valence-electron chi connectivity index (χ2n) is 6.77. The highest BCUT2D eigenvalue weighted by Gasteiger charge is 2.68. The molecule has 4 amide bonds. The lowest BCUT2D eigenvalue weighted by Gasteiger charge is -2.33. The normalized spacial score (nSPS) is 31.9. The lowest BCUT2D eigenvalue weighted by molar-refractivity contribution is -0.169. The molecular weight excluding hydrogens is 422 g/mol. The minimum atomic E-state index is -2.47. The predicted octanol–water partition coefficient (Wildman–Crippen LogP) is -3.17. The maximum Gasteiger partial charge on any atom is 0.329 e. The van der Waals surface area contributed by atoms with Gasteiger partial charge in [0.1, 0.15) is 12.7 Å². The molecule has 2 fully saturated rings. The highest BCUT2D eigenvalue weighted by Crippen LogP contribution is 2.37. The van der Waals surface area contributed by atoms with Gasteiger partial charge < -0.3 is 24.7 Å². The third-order valence-corrected chi connectivity index (χ3v) is 4.54. The van der Waals surface area contributed by atoms with Gasteiger partial charge in [0.15, 0.2) is 24.4 Å². The van der Waals surface area contributed by atoms with E-state index in [-0.39, 0.29) is 0 Å². The number of hydrogen-bond acceptors (Lipinski definition) is 12. The number of carbonyl (C=O) groups is 6. The van der Waals surface area contributed by atoms with Gasteiger partial charge in [-0.05, 0) is 0 Å². The monoisotopic (exact) mass is 441 g/mol. The Kier molecular flexibility index (Phi) is 5.54. The average molecular weight is 441 g/mol. The van der Waals surface area contributed by atoms with Gasteiger partial charge in [-0.1, -0.05) is 0 Å². The number of nitrogens with two attached hydrogens (primary N) is 1. The molecule has 5 atom stereocenters. The van der Waals surface area contributed by atoms with Crippen LogP contribution in [-0.2, 0) is 42.9 Å². The fraction of sp³-hybridized carbons (Fsp3) is 0.562. The minimum absolute atomic E-state index is 0.435. The predicted molar refractivity (Wildman–Crippen MR) is 94.3 cm³/mol. The SMILES string of the molecule is CC(=O)OC[C@H]1O[C@@H](N2C(=O)NC(=O)C23N=C(N)NC3=O)[C@H](OC(C)=O)[C@@H]1OC(C)=O. The molecule has 0 aromatic heterocycles. The largest absolute Gasteiger partial charge is 0.463 e. The number of ether oxygens (including phenoxy) is 4. The zero-order valence-corrected chi connectivity index (χ0v) is 16.6. The van der Waals surface area contributed by atoms with Crippen LogP contribution in [0.25, 0.3) is 0 Å². The Bertz CT molecular complexity index is 903. The molecule has 1 unspecified atom stereocenters. The summed E-state index contributed by atoms with van der Waals surface area (Å²) in [7, 11) is 0. The molecule has 2 saturated heterocycles. The Morgan fingerprint density at radius 3 is 2.13 bits per heavy atom. The van der Waals surface area contributed by atoms with Crippen molar-refractivity contribution in [2.45, 2.75) is 51.0 Å². The van der Waals surface area contributed by atoms with Crippen LogP contribution < -0.4 is 16.4 Å². The number of nitrogens with zero attached hydrogens (tertiary/aromatic N) is 2. The van der Waals surface area contributed by atoms with E-state index in [9.17, 15) is 28.8 Å². The van der Waals surface area contributed by atoms with Crippen molar-refractivity contribution < 1.29 is 47.7 Å². The number of hydrogen-bond donors (Lipinski definition) is 3. The third kappa shape index (κ3) is 3.74. The first-order chi connectivity index (χ1) is 14.5. The van der Waals surface area contributed by atoms with Crippen LogP contribution in [0, 0.1) is 0 Å². The van der Waals surface area contributed by atoms with E-state index in [0.29, 0.717) is 4.90 Å². The van der Waals surface area contributed by atoms with E-state index in [2.05, 4.69) is 10.3 Å². The molecule has 0 aliphatic carbocycles. The molecule has 15 nitrogen and oxygen atoms in total. The summed E-state index contributed by atoms with van der Waals surface area (Å²) in [5.74, 6) is -4.93. The molecule has 3 aliphatic heterocycles. The van der Waals surface area contributed by atoms with Crippen LogP contribution in [0.5, 0.6) is 0 Å². The number of imide groups is 1. The summed E-state index contributed by atoms with van der Waals surface area (Å²) in [5, 5.41) is 4.05. The maximum absolute atomic E-state index is 12.6. The molecule has 0 saturated carbocycles. The molecule has 4 N–H and O–H groups in total. The van der Waals surface area contributed by atoms with Crippen molar-refractivity contribution in [3.05, 3.63) is 0 Å². The number of urea groups is 1. The number of guanidine groups is 1. The number of amides is 4. The van der Waals surface area contributed by atoms with Crippen LogP contribution in [0.2, 0.25) is 0 Å². The minimum Gasteiger partial charge on any atom is -0.463 e. The maximum atomic E-state index is 12.6. The standard InChI is InChI=1S/C16H19N5O10/c1-5(22)28-4-8-9(29-6(2)23)10(30-7(3)24)11(31-8)21-15(27)19-13(26)16(21)12(25)18-14(17)20-16/h8-11H,4H2,1-3H3,(H,19,26,27)(H3,17,18,20,25)/t8-,9-,10-,11-,16?/m1/s1. The van der Waals surface area contributed by atoms with Crippen molar-refractivity contribution in [2.75, 3.05) is 6.61 Å². The summed E-state index contributed by atoms with van der Waals surface area (Å²) in [4.78, 5) is 76.6. The van der Waals surface area contributed by atoms with Gasteiger partial charge in [0.2, 0.25) is 0 Å². The van der Waals surface area contributed by atoms with E-state index in [0.717, 1.165) is 20.8 Å². The van der Waals surface area contributed by atoms with Crippen LogP contribution in [0.4, 0.5) is 4.79 Å². The Balaban J connectivity index is 2.05. The van der Waals surface area contributed by atoms with Crippen molar-refractivity contribution in [2.24, 2.45) is 10.7 Å². The molecule has 168 valence electrons. The number of esters is 3. The fourth-order valence-electron chi connectivity index (χ4n) is 3.47. The molecule has 0 bridgehead atoms. The molecule has 3 rings (SSSR count). The second kappa shape index (κ2) is 7.82. The van der Waals surface area contributed by atoms with Crippen LogP contribution in [0.1, 0.15) is 20.8 Å². The van der Waals surface area contributed by atoms with Crippen molar-refractivity contribution in [1.29, 1.82) is 0 Å². The van der Waals surface area contributed by atoms with E-state index in [1.54, 1.807) is 0 Å². The number of rotatable bonds is 5. The van der Waals surface area contributed by atoms with Crippen molar-refractivity contribution >= 4 is 41.7 Å². The van der Waals surface area contributed by atoms with Crippen LogP contribution >= 0.6 is 0 Å². The summed E-state index contributed by atoms with van der Waals surface area (Å²) in [6.07, 6.45) is -5.70. The Hall–Kier alpha value is -3.75. The fourth-order valence-corrected chi connectivity index (χ4v) is 3.47. The molecule has 31 heavy (non-hydrogen) atoms. The second-order valence-corrected chi connectivity index (χ2v) is 6.77. The molecule has 0 aromatic rings. The van der Waals surface area contributed by atoms with Gasteiger partial charge in [-0.3, -0.25) is 39.5 Å². The first-order valence-corrected chi connectivity index (χ1v) is 8.92. The lowest BCUT2D eigenvalue weighted by Crippen LogP contribution is -2.61. The van der Waals surface area contributed by atoms with Crippen LogP contribution in [0.15, 0.2) is 4.99 Å². The number of nitrogens with one attached hydrogen (secondary N) is 2. The summed E-state index contributed by atoms with van der Waals surface area (Å²) >= 11 is 0.